The van der Waals surface area contributed by atoms with Crippen LogP contribution in [0.25, 0.3) is 0 Å². The quantitative estimate of drug-likeness (QED) is 0.710. The van der Waals surface area contributed by atoms with Crippen LogP contribution >= 0.6 is 0 Å². The van der Waals surface area contributed by atoms with Gasteiger partial charge in [-0.1, -0.05) is 12.1 Å². The Kier molecular flexibility index (Phi) is 5.26. The van der Waals surface area contributed by atoms with Gasteiger partial charge in [-0.15, -0.1) is 0 Å². The van der Waals surface area contributed by atoms with Gasteiger partial charge in [0.1, 0.15) is 0 Å². The first kappa shape index (κ1) is 17.6. The molecule has 0 aliphatic carbocycles. The number of imidazole rings is 1. The molecule has 1 amide bonds. The predicted molar refractivity (Wildman–Crippen MR) is 96.0 cm³/mol. The molecule has 2 aromatic carbocycles. The summed E-state index contributed by atoms with van der Waals surface area (Å²) >= 11 is 0. The number of amides is 1. The second-order valence-corrected chi connectivity index (χ2v) is 5.86. The van der Waals surface area contributed by atoms with Gasteiger partial charge in [-0.25, -0.2) is 13.8 Å². The van der Waals surface area contributed by atoms with Crippen LogP contribution in [0.4, 0.5) is 20.2 Å². The lowest BCUT2D eigenvalue weighted by Crippen LogP contribution is -2.22. The van der Waals surface area contributed by atoms with Crippen LogP contribution in [0.1, 0.15) is 11.1 Å². The van der Waals surface area contributed by atoms with Gasteiger partial charge in [-0.2, -0.15) is 0 Å². The molecule has 3 rings (SSSR count). The molecule has 0 bridgehead atoms. The molecule has 1 heterocycles. The van der Waals surface area contributed by atoms with Gasteiger partial charge in [0.05, 0.1) is 12.9 Å². The van der Waals surface area contributed by atoms with Crippen molar-refractivity contribution in [1.29, 1.82) is 0 Å². The van der Waals surface area contributed by atoms with Gasteiger partial charge in [0.25, 0.3) is 0 Å². The van der Waals surface area contributed by atoms with Crippen molar-refractivity contribution in [3.05, 3.63) is 77.9 Å². The zero-order valence-electron chi connectivity index (χ0n) is 14.2. The molecule has 0 fully saturated rings. The highest BCUT2D eigenvalue weighted by molar-refractivity contribution is 5.94. The Labute approximate surface area is 149 Å². The van der Waals surface area contributed by atoms with Crippen molar-refractivity contribution in [1.82, 2.24) is 9.55 Å². The summed E-state index contributed by atoms with van der Waals surface area (Å²) in [7, 11) is 0. The molecule has 3 aromatic rings. The van der Waals surface area contributed by atoms with Crippen LogP contribution in [0, 0.1) is 18.6 Å². The highest BCUT2D eigenvalue weighted by Gasteiger charge is 2.09. The zero-order valence-corrected chi connectivity index (χ0v) is 14.2. The Bertz CT molecular complexity index is 910. The number of aromatic nitrogens is 2. The first-order valence-electron chi connectivity index (χ1n) is 8.06. The molecule has 2 N–H and O–H groups in total. The second-order valence-electron chi connectivity index (χ2n) is 5.86. The minimum absolute atomic E-state index is 0.0593. The predicted octanol–water partition coefficient (Wildman–Crippen LogP) is 3.57. The lowest BCUT2D eigenvalue weighted by Gasteiger charge is -2.13. The fourth-order valence-electron chi connectivity index (χ4n) is 2.55. The van der Waals surface area contributed by atoms with Gasteiger partial charge in [0.2, 0.25) is 5.91 Å². The first-order chi connectivity index (χ1) is 12.5. The van der Waals surface area contributed by atoms with Crippen molar-refractivity contribution in [3.8, 4) is 0 Å². The third-order valence-electron chi connectivity index (χ3n) is 4.00. The Morgan fingerprint density at radius 1 is 1.19 bits per heavy atom. The molecular formula is C19H18F2N4O. The maximum absolute atomic E-state index is 13.2. The average molecular weight is 356 g/mol. The van der Waals surface area contributed by atoms with E-state index in [0.29, 0.717) is 17.9 Å². The van der Waals surface area contributed by atoms with E-state index in [1.54, 1.807) is 12.5 Å². The number of anilines is 2. The monoisotopic (exact) mass is 356 g/mol. The van der Waals surface area contributed by atoms with E-state index in [9.17, 15) is 13.6 Å². The van der Waals surface area contributed by atoms with Gasteiger partial charge in [-0.05, 0) is 36.2 Å². The minimum Gasteiger partial charge on any atom is -0.376 e. The van der Waals surface area contributed by atoms with Gasteiger partial charge in [0, 0.05) is 36.4 Å². The van der Waals surface area contributed by atoms with Crippen molar-refractivity contribution in [3.63, 3.8) is 0 Å². The van der Waals surface area contributed by atoms with E-state index in [1.807, 2.05) is 35.9 Å². The number of nitrogens with one attached hydrogen (secondary N) is 2. The number of nitrogens with zero attached hydrogens (tertiary/aromatic N) is 2. The number of benzene rings is 2. The zero-order chi connectivity index (χ0) is 18.5. The SMILES string of the molecule is Cc1c(Cn2ccnc2)cccc1NC(=O)CNc1ccc(F)c(F)c1. The van der Waals surface area contributed by atoms with Crippen molar-refractivity contribution >= 4 is 17.3 Å². The van der Waals surface area contributed by atoms with Crippen molar-refractivity contribution in [2.45, 2.75) is 13.5 Å². The maximum Gasteiger partial charge on any atom is 0.243 e. The molecule has 0 radical (unpaired) electrons. The van der Waals surface area contributed by atoms with Crippen molar-refractivity contribution < 1.29 is 13.6 Å². The Morgan fingerprint density at radius 2 is 2.04 bits per heavy atom. The molecular weight excluding hydrogens is 338 g/mol. The lowest BCUT2D eigenvalue weighted by atomic mass is 10.1. The molecule has 26 heavy (non-hydrogen) atoms. The number of hydrogen-bond acceptors (Lipinski definition) is 3. The van der Waals surface area contributed by atoms with Crippen LogP contribution in [-0.2, 0) is 11.3 Å². The van der Waals surface area contributed by atoms with Crippen LogP contribution < -0.4 is 10.6 Å². The summed E-state index contributed by atoms with van der Waals surface area (Å²) in [6.07, 6.45) is 5.32. The summed E-state index contributed by atoms with van der Waals surface area (Å²) in [4.78, 5) is 16.2. The van der Waals surface area contributed by atoms with Gasteiger partial charge in [-0.3, -0.25) is 4.79 Å². The maximum atomic E-state index is 13.2. The Hall–Kier alpha value is -3.22. The Balaban J connectivity index is 1.62. The molecule has 0 unspecified atom stereocenters. The normalized spacial score (nSPS) is 10.6. The fraction of sp³-hybridized carbons (Fsp3) is 0.158. The van der Waals surface area contributed by atoms with Gasteiger partial charge >= 0.3 is 0 Å². The number of hydrogen-bond donors (Lipinski definition) is 2. The van der Waals surface area contributed by atoms with Crippen LogP contribution in [0.3, 0.4) is 0 Å². The standard InChI is InChI=1S/C19H18F2N4O/c1-13-14(11-25-8-7-22-12-25)3-2-4-18(13)24-19(26)10-23-15-5-6-16(20)17(21)9-15/h2-9,12,23H,10-11H2,1H3,(H,24,26). The molecule has 0 aliphatic rings. The molecule has 0 atom stereocenters. The fourth-order valence-corrected chi connectivity index (χ4v) is 2.55. The van der Waals surface area contributed by atoms with Crippen molar-refractivity contribution in [2.24, 2.45) is 0 Å². The molecule has 0 aliphatic heterocycles. The summed E-state index contributed by atoms with van der Waals surface area (Å²) < 4.78 is 28.0. The van der Waals surface area contributed by atoms with Gasteiger partial charge < -0.3 is 15.2 Å². The van der Waals surface area contributed by atoms with E-state index in [1.165, 1.54) is 6.07 Å². The van der Waals surface area contributed by atoms with E-state index < -0.39 is 11.6 Å². The van der Waals surface area contributed by atoms with E-state index in [2.05, 4.69) is 15.6 Å². The third-order valence-corrected chi connectivity index (χ3v) is 4.00. The molecule has 0 spiro atoms. The number of carbonyl (C=O) groups is 1. The highest BCUT2D eigenvalue weighted by atomic mass is 19.2. The third kappa shape index (κ3) is 4.24. The first-order valence-corrected chi connectivity index (χ1v) is 8.06. The molecule has 0 saturated carbocycles. The summed E-state index contributed by atoms with van der Waals surface area (Å²) in [5.41, 5.74) is 3.07. The van der Waals surface area contributed by atoms with E-state index in [-0.39, 0.29) is 12.5 Å². The van der Waals surface area contributed by atoms with Crippen LogP contribution in [0.15, 0.2) is 55.1 Å². The largest absolute Gasteiger partial charge is 0.376 e. The molecule has 5 nitrogen and oxygen atoms in total. The van der Waals surface area contributed by atoms with Gasteiger partial charge in [0.15, 0.2) is 11.6 Å². The smallest absolute Gasteiger partial charge is 0.243 e. The molecule has 134 valence electrons. The van der Waals surface area contributed by atoms with E-state index in [4.69, 9.17) is 0 Å². The summed E-state index contributed by atoms with van der Waals surface area (Å²) in [5, 5.41) is 5.60. The van der Waals surface area contributed by atoms with Crippen LogP contribution in [0.2, 0.25) is 0 Å². The minimum atomic E-state index is -0.960. The average Bonchev–Trinajstić information content (AvgIpc) is 3.13. The number of halogens is 2. The van der Waals surface area contributed by atoms with E-state index >= 15 is 0 Å². The number of rotatable bonds is 6. The van der Waals surface area contributed by atoms with Crippen LogP contribution in [0.5, 0.6) is 0 Å². The molecule has 1 aromatic heterocycles. The molecule has 0 saturated heterocycles. The summed E-state index contributed by atoms with van der Waals surface area (Å²) in [6, 6.07) is 9.09. The van der Waals surface area contributed by atoms with Crippen molar-refractivity contribution in [2.75, 3.05) is 17.2 Å². The topological polar surface area (TPSA) is 59.0 Å². The molecule has 7 heteroatoms. The lowest BCUT2D eigenvalue weighted by molar-refractivity contribution is -0.114. The Morgan fingerprint density at radius 3 is 2.77 bits per heavy atom. The highest BCUT2D eigenvalue weighted by Crippen LogP contribution is 2.20. The summed E-state index contributed by atoms with van der Waals surface area (Å²) in [5.74, 6) is -2.17. The van der Waals surface area contributed by atoms with E-state index in [0.717, 1.165) is 23.3 Å². The second kappa shape index (κ2) is 7.77. The summed E-state index contributed by atoms with van der Waals surface area (Å²) in [6.45, 7) is 2.53. The van der Waals surface area contributed by atoms with Crippen LogP contribution in [-0.4, -0.2) is 22.0 Å². The number of carbonyl (C=O) groups excluding carboxylic acids is 1.